The number of rotatable bonds is 44. The highest BCUT2D eigenvalue weighted by atomic mass is 31.2. The van der Waals surface area contributed by atoms with Crippen molar-refractivity contribution in [2.75, 3.05) is 54.1 Å². The zero-order valence-corrected chi connectivity index (χ0v) is 41.2. The summed E-state index contributed by atoms with van der Waals surface area (Å²) in [5, 5.41) is 0. The number of nitrogens with zero attached hydrogens (tertiary/aromatic N) is 1. The van der Waals surface area contributed by atoms with E-state index in [2.05, 4.69) is 111 Å². The molecule has 0 rings (SSSR count). The third kappa shape index (κ3) is 48.5. The molecular formula is C53H92NO7P. The summed E-state index contributed by atoms with van der Waals surface area (Å²) in [6.07, 6.45) is 61.4. The molecule has 2 unspecified atom stereocenters. The highest BCUT2D eigenvalue weighted by Crippen LogP contribution is 2.38. The van der Waals surface area contributed by atoms with Gasteiger partial charge in [-0.25, -0.2) is 0 Å². The lowest BCUT2D eigenvalue weighted by atomic mass is 10.1. The molecule has 0 aliphatic rings. The Morgan fingerprint density at radius 1 is 0.516 bits per heavy atom. The molecule has 9 heteroatoms. The van der Waals surface area contributed by atoms with Crippen molar-refractivity contribution in [3.8, 4) is 0 Å². The molecule has 0 aliphatic heterocycles. The lowest BCUT2D eigenvalue weighted by Crippen LogP contribution is -2.37. The smallest absolute Gasteiger partial charge is 0.306 e. The maximum atomic E-state index is 12.7. The molecule has 0 amide bonds. The van der Waals surface area contributed by atoms with Crippen LogP contribution in [-0.4, -0.2) is 70.7 Å². The SMILES string of the molecule is CC/C=C\C/C=C\C/C=C\C/C=C\C/C=C\C/C=C\CCCCCCC(=O)OC(COCCCCCCCC/C=C\C/C=C\CCCCCC)COP(=O)([O-])OCC[N+](C)(C)C. The molecule has 0 saturated carbocycles. The molecular weight excluding hydrogens is 794 g/mol. The Balaban J connectivity index is 4.29. The molecule has 0 radical (unpaired) electrons. The second kappa shape index (κ2) is 45.0. The van der Waals surface area contributed by atoms with Gasteiger partial charge < -0.3 is 27.9 Å². The number of phosphoric acid groups is 1. The second-order valence-electron chi connectivity index (χ2n) is 17.1. The van der Waals surface area contributed by atoms with E-state index in [9.17, 15) is 14.3 Å². The molecule has 2 atom stereocenters. The van der Waals surface area contributed by atoms with Crippen molar-refractivity contribution in [3.63, 3.8) is 0 Å². The number of unbranched alkanes of at least 4 members (excludes halogenated alkanes) is 14. The lowest BCUT2D eigenvalue weighted by molar-refractivity contribution is -0.870. The standard InChI is InChI=1S/C53H92NO7P/c1-6-8-10-12-14-16-18-20-22-24-25-26-27-28-29-30-32-34-36-38-40-42-44-46-53(55)61-52(51-60-62(56,57)59-49-47-54(3,4)5)50-58-48-45-43-41-39-37-35-33-31-23-21-19-17-15-13-11-9-7-2/h8,10,14,16-17,19-20,22-23,25-26,28-29,31-32,34,52H,6-7,9,11-13,15,18,21,24,27,30,33,35-51H2,1-5H3/b10-8-,16-14-,19-17-,22-20-,26-25-,29-28-,31-23-,34-32-. The van der Waals surface area contributed by atoms with Gasteiger partial charge in [-0.15, -0.1) is 0 Å². The van der Waals surface area contributed by atoms with Crippen LogP contribution in [0.5, 0.6) is 0 Å². The van der Waals surface area contributed by atoms with Gasteiger partial charge in [-0.1, -0.05) is 169 Å². The van der Waals surface area contributed by atoms with Gasteiger partial charge in [0, 0.05) is 13.0 Å². The summed E-state index contributed by atoms with van der Waals surface area (Å²) >= 11 is 0. The van der Waals surface area contributed by atoms with Gasteiger partial charge in [0.2, 0.25) is 0 Å². The van der Waals surface area contributed by atoms with Crippen molar-refractivity contribution in [2.45, 2.75) is 180 Å². The largest absolute Gasteiger partial charge is 0.756 e. The average Bonchev–Trinajstić information content (AvgIpc) is 3.23. The Morgan fingerprint density at radius 3 is 1.40 bits per heavy atom. The molecule has 0 heterocycles. The molecule has 0 aliphatic carbocycles. The fourth-order valence-electron chi connectivity index (χ4n) is 6.11. The minimum atomic E-state index is -4.55. The van der Waals surface area contributed by atoms with Gasteiger partial charge in [0.15, 0.2) is 0 Å². The van der Waals surface area contributed by atoms with Gasteiger partial charge in [0.05, 0.1) is 34.4 Å². The first-order valence-electron chi connectivity index (χ1n) is 24.5. The first-order valence-corrected chi connectivity index (χ1v) is 25.9. The van der Waals surface area contributed by atoms with Crippen LogP contribution in [-0.2, 0) is 27.9 Å². The normalized spacial score (nSPS) is 14.5. The van der Waals surface area contributed by atoms with E-state index in [1.165, 1.54) is 51.4 Å². The van der Waals surface area contributed by atoms with Crippen molar-refractivity contribution >= 4 is 13.8 Å². The van der Waals surface area contributed by atoms with Crippen LogP contribution in [0.3, 0.4) is 0 Å². The van der Waals surface area contributed by atoms with E-state index in [-0.39, 0.29) is 32.2 Å². The first kappa shape index (κ1) is 59.4. The van der Waals surface area contributed by atoms with Gasteiger partial charge in [-0.05, 0) is 96.3 Å². The highest BCUT2D eigenvalue weighted by molar-refractivity contribution is 7.45. The van der Waals surface area contributed by atoms with Crippen LogP contribution in [0.4, 0.5) is 0 Å². The Morgan fingerprint density at radius 2 is 0.935 bits per heavy atom. The molecule has 0 bridgehead atoms. The Kier molecular flexibility index (Phi) is 43.1. The van der Waals surface area contributed by atoms with Crippen molar-refractivity contribution in [1.29, 1.82) is 0 Å². The van der Waals surface area contributed by atoms with Crippen molar-refractivity contribution in [3.05, 3.63) is 97.2 Å². The van der Waals surface area contributed by atoms with Crippen LogP contribution in [0.2, 0.25) is 0 Å². The van der Waals surface area contributed by atoms with Gasteiger partial charge >= 0.3 is 5.97 Å². The number of esters is 1. The predicted octanol–water partition coefficient (Wildman–Crippen LogP) is 14.4. The molecule has 0 aromatic carbocycles. The zero-order valence-electron chi connectivity index (χ0n) is 40.3. The van der Waals surface area contributed by atoms with E-state index in [1.807, 2.05) is 21.1 Å². The Hall–Kier alpha value is -2.58. The maximum absolute atomic E-state index is 12.7. The number of carbonyl (C=O) groups excluding carboxylic acids is 1. The number of hydrogen-bond acceptors (Lipinski definition) is 7. The number of hydrogen-bond donors (Lipinski definition) is 0. The maximum Gasteiger partial charge on any atom is 0.306 e. The van der Waals surface area contributed by atoms with Crippen molar-refractivity contribution in [1.82, 2.24) is 0 Å². The van der Waals surface area contributed by atoms with E-state index >= 15 is 0 Å². The quantitative estimate of drug-likeness (QED) is 0.0198. The molecule has 0 spiro atoms. The minimum Gasteiger partial charge on any atom is -0.756 e. The van der Waals surface area contributed by atoms with E-state index in [0.29, 0.717) is 17.6 Å². The van der Waals surface area contributed by atoms with Crippen molar-refractivity contribution < 1.29 is 37.3 Å². The summed E-state index contributed by atoms with van der Waals surface area (Å²) in [5.41, 5.74) is 0. The summed E-state index contributed by atoms with van der Waals surface area (Å²) in [6.45, 7) is 5.20. The molecule has 0 aromatic heterocycles. The Bertz CT molecular complexity index is 1310. The number of ether oxygens (including phenoxy) is 2. The molecule has 0 aromatic rings. The second-order valence-corrected chi connectivity index (χ2v) is 18.5. The van der Waals surface area contributed by atoms with Gasteiger partial charge in [-0.2, -0.15) is 0 Å². The average molecular weight is 886 g/mol. The number of likely N-dealkylation sites (N-methyl/N-ethyl adjacent to an activating group) is 1. The number of phosphoric ester groups is 1. The first-order chi connectivity index (χ1) is 30.1. The van der Waals surface area contributed by atoms with Gasteiger partial charge in [0.1, 0.15) is 19.3 Å². The van der Waals surface area contributed by atoms with Crippen LogP contribution in [0.1, 0.15) is 174 Å². The highest BCUT2D eigenvalue weighted by Gasteiger charge is 2.20. The third-order valence-electron chi connectivity index (χ3n) is 9.87. The van der Waals surface area contributed by atoms with Crippen LogP contribution in [0.25, 0.3) is 0 Å². The lowest BCUT2D eigenvalue weighted by Gasteiger charge is -2.28. The number of quaternary nitrogens is 1. The van der Waals surface area contributed by atoms with Crippen molar-refractivity contribution in [2.24, 2.45) is 0 Å². The van der Waals surface area contributed by atoms with E-state index in [4.69, 9.17) is 18.5 Å². The molecule has 62 heavy (non-hydrogen) atoms. The van der Waals surface area contributed by atoms with Gasteiger partial charge in [0.25, 0.3) is 7.82 Å². The van der Waals surface area contributed by atoms with Crippen LogP contribution >= 0.6 is 7.82 Å². The van der Waals surface area contributed by atoms with E-state index in [0.717, 1.165) is 103 Å². The van der Waals surface area contributed by atoms with Crippen LogP contribution in [0.15, 0.2) is 97.2 Å². The minimum absolute atomic E-state index is 0.0128. The molecule has 0 saturated heterocycles. The van der Waals surface area contributed by atoms with E-state index in [1.54, 1.807) is 0 Å². The van der Waals surface area contributed by atoms with Gasteiger partial charge in [-0.3, -0.25) is 9.36 Å². The molecule has 0 N–H and O–H groups in total. The topological polar surface area (TPSA) is 94.1 Å². The van der Waals surface area contributed by atoms with Crippen LogP contribution < -0.4 is 4.89 Å². The summed E-state index contributed by atoms with van der Waals surface area (Å²) in [5.74, 6) is -0.366. The third-order valence-corrected chi connectivity index (χ3v) is 10.8. The van der Waals surface area contributed by atoms with E-state index < -0.39 is 13.9 Å². The number of carbonyl (C=O) groups is 1. The zero-order chi connectivity index (χ0) is 45.5. The molecule has 356 valence electrons. The monoisotopic (exact) mass is 886 g/mol. The molecule has 8 nitrogen and oxygen atoms in total. The van der Waals surface area contributed by atoms with Crippen LogP contribution in [0, 0.1) is 0 Å². The summed E-state index contributed by atoms with van der Waals surface area (Å²) in [6, 6.07) is 0. The molecule has 0 fully saturated rings. The summed E-state index contributed by atoms with van der Waals surface area (Å²) < 4.78 is 34.6. The fourth-order valence-corrected chi connectivity index (χ4v) is 6.84. The summed E-state index contributed by atoms with van der Waals surface area (Å²) in [4.78, 5) is 25.1. The number of allylic oxidation sites excluding steroid dienone is 16. The fraction of sp³-hybridized carbons (Fsp3) is 0.679. The predicted molar refractivity (Wildman–Crippen MR) is 263 cm³/mol. The Labute approximate surface area is 381 Å². The summed E-state index contributed by atoms with van der Waals surface area (Å²) in [7, 11) is 1.31.